The first-order valence-electron chi connectivity index (χ1n) is 12.0. The monoisotopic (exact) mass is 546 g/mol. The lowest BCUT2D eigenvalue weighted by molar-refractivity contribution is -0.129. The largest absolute Gasteiger partial charge is 0.372 e. The molecule has 4 fully saturated rings. The fourth-order valence-electron chi connectivity index (χ4n) is 5.87. The van der Waals surface area contributed by atoms with Crippen molar-refractivity contribution < 1.29 is 26.7 Å². The van der Waals surface area contributed by atoms with Crippen LogP contribution >= 0.6 is 23.2 Å². The van der Waals surface area contributed by atoms with Gasteiger partial charge in [0.1, 0.15) is 5.25 Å². The van der Waals surface area contributed by atoms with Crippen molar-refractivity contribution in [3.05, 3.63) is 0 Å². The van der Waals surface area contributed by atoms with E-state index in [0.717, 1.165) is 19.3 Å². The van der Waals surface area contributed by atoms with Gasteiger partial charge in [0.05, 0.1) is 24.2 Å². The number of hydrogen-bond donors (Lipinski definition) is 2. The molecule has 2 heterocycles. The molecule has 2 aliphatic heterocycles. The van der Waals surface area contributed by atoms with Gasteiger partial charge in [-0.3, -0.25) is 4.79 Å². The normalized spacial score (nSPS) is 42.5. The number of nitrogens with one attached hydrogen (secondary N) is 2. The molecule has 0 aromatic carbocycles. The van der Waals surface area contributed by atoms with E-state index in [1.807, 2.05) is 6.92 Å². The third-order valence-electron chi connectivity index (χ3n) is 7.61. The molecule has 0 aromatic heterocycles. The van der Waals surface area contributed by atoms with Crippen molar-refractivity contribution in [1.82, 2.24) is 20.1 Å². The number of halogens is 4. The van der Waals surface area contributed by atoms with Crippen molar-refractivity contribution in [2.45, 2.75) is 105 Å². The number of sulfonamides is 1. The molecule has 8 nitrogen and oxygen atoms in total. The number of carbonyl (C=O) groups is 1. The van der Waals surface area contributed by atoms with Crippen LogP contribution in [0.25, 0.3) is 0 Å². The second-order valence-corrected chi connectivity index (χ2v) is 13.3. The van der Waals surface area contributed by atoms with Gasteiger partial charge in [-0.2, -0.15) is 18.1 Å². The predicted octanol–water partition coefficient (Wildman–Crippen LogP) is 2.26. The predicted molar refractivity (Wildman–Crippen MR) is 125 cm³/mol. The summed E-state index contributed by atoms with van der Waals surface area (Å²) in [6, 6.07) is -1.37. The molecule has 13 heteroatoms. The van der Waals surface area contributed by atoms with E-state index in [0.29, 0.717) is 24.3 Å². The number of hydrazine groups is 1. The van der Waals surface area contributed by atoms with Gasteiger partial charge in [-0.1, -0.05) is 6.42 Å². The van der Waals surface area contributed by atoms with Gasteiger partial charge in [-0.25, -0.2) is 13.8 Å². The molecule has 196 valence electrons. The van der Waals surface area contributed by atoms with E-state index < -0.39 is 39.8 Å². The van der Waals surface area contributed by atoms with Crippen LogP contribution in [0.3, 0.4) is 0 Å². The number of ether oxygens (including phenoxy) is 1. The number of carbonyl (C=O) groups excluding carboxylic acids is 1. The summed E-state index contributed by atoms with van der Waals surface area (Å²) in [5.41, 5.74) is 2.58. The van der Waals surface area contributed by atoms with E-state index in [4.69, 9.17) is 27.9 Å². The van der Waals surface area contributed by atoms with Crippen molar-refractivity contribution in [2.24, 2.45) is 5.92 Å². The summed E-state index contributed by atoms with van der Waals surface area (Å²) in [5, 5.41) is 2.09. The average molecular weight is 547 g/mol. The first-order valence-corrected chi connectivity index (χ1v) is 14.4. The zero-order chi connectivity index (χ0) is 24.8. The van der Waals surface area contributed by atoms with Crippen molar-refractivity contribution >= 4 is 39.1 Å². The molecule has 2 saturated carbocycles. The molecule has 0 spiro atoms. The topological polar surface area (TPSA) is 91.0 Å². The molecule has 8 atom stereocenters. The molecule has 0 aromatic rings. The fourth-order valence-corrected chi connectivity index (χ4v) is 9.12. The summed E-state index contributed by atoms with van der Waals surface area (Å²) in [7, 11) is -3.91. The van der Waals surface area contributed by atoms with Gasteiger partial charge in [-0.05, 0) is 46.0 Å². The SMILES string of the molecule is CC1NN(C(F)F)CC1S(=O)(=O)N1C[C@H](C)OC2CCC(NC(=O)C3C(Cl)CCCC3Cl)CC21. The fraction of sp³-hybridized carbons (Fsp3) is 0.952. The van der Waals surface area contributed by atoms with Gasteiger partial charge in [0.25, 0.3) is 0 Å². The van der Waals surface area contributed by atoms with Gasteiger partial charge < -0.3 is 10.1 Å². The number of morpholine rings is 1. The highest BCUT2D eigenvalue weighted by molar-refractivity contribution is 7.89. The Hall–Kier alpha value is -0.300. The number of rotatable bonds is 5. The van der Waals surface area contributed by atoms with Crippen LogP contribution in [0.5, 0.6) is 0 Å². The highest BCUT2D eigenvalue weighted by atomic mass is 35.5. The first-order chi connectivity index (χ1) is 16.0. The molecule has 34 heavy (non-hydrogen) atoms. The van der Waals surface area contributed by atoms with Crippen LogP contribution in [-0.4, -0.2) is 89.6 Å². The maximum absolute atomic E-state index is 13.7. The highest BCUT2D eigenvalue weighted by Crippen LogP contribution is 2.36. The van der Waals surface area contributed by atoms with Crippen molar-refractivity contribution in [2.75, 3.05) is 13.1 Å². The van der Waals surface area contributed by atoms with Crippen molar-refractivity contribution in [3.63, 3.8) is 0 Å². The van der Waals surface area contributed by atoms with Crippen LogP contribution in [0.2, 0.25) is 0 Å². The maximum Gasteiger partial charge on any atom is 0.306 e. The van der Waals surface area contributed by atoms with Gasteiger partial charge >= 0.3 is 6.55 Å². The second kappa shape index (κ2) is 10.6. The average Bonchev–Trinajstić information content (AvgIpc) is 3.16. The molecular formula is C21H34Cl2F2N4O4S. The summed E-state index contributed by atoms with van der Waals surface area (Å²) in [6.45, 7) is 0.493. The number of nitrogens with zero attached hydrogens (tertiary/aromatic N) is 2. The van der Waals surface area contributed by atoms with Crippen LogP contribution in [0, 0.1) is 5.92 Å². The van der Waals surface area contributed by atoms with Gasteiger partial charge in [0.15, 0.2) is 0 Å². The molecule has 1 amide bonds. The summed E-state index contributed by atoms with van der Waals surface area (Å²) in [6.07, 6.45) is 3.38. The highest BCUT2D eigenvalue weighted by Gasteiger charge is 2.51. The summed E-state index contributed by atoms with van der Waals surface area (Å²) < 4.78 is 61.2. The lowest BCUT2D eigenvalue weighted by Gasteiger charge is -2.48. The van der Waals surface area contributed by atoms with E-state index >= 15 is 0 Å². The summed E-state index contributed by atoms with van der Waals surface area (Å²) in [5.74, 6) is -0.674. The Labute approximate surface area is 210 Å². The summed E-state index contributed by atoms with van der Waals surface area (Å²) >= 11 is 12.8. The lowest BCUT2D eigenvalue weighted by atomic mass is 9.84. The zero-order valence-electron chi connectivity index (χ0n) is 19.4. The third-order valence-corrected chi connectivity index (χ3v) is 11.0. The lowest BCUT2D eigenvalue weighted by Crippen LogP contribution is -2.63. The molecule has 0 bridgehead atoms. The minimum Gasteiger partial charge on any atom is -0.372 e. The van der Waals surface area contributed by atoms with E-state index in [2.05, 4.69) is 10.7 Å². The van der Waals surface area contributed by atoms with Crippen LogP contribution in [0.1, 0.15) is 52.4 Å². The molecule has 2 saturated heterocycles. The number of hydrogen-bond acceptors (Lipinski definition) is 6. The van der Waals surface area contributed by atoms with Gasteiger partial charge in [0, 0.05) is 35.9 Å². The Morgan fingerprint density at radius 2 is 1.79 bits per heavy atom. The van der Waals surface area contributed by atoms with Crippen molar-refractivity contribution in [3.8, 4) is 0 Å². The first kappa shape index (κ1) is 26.8. The quantitative estimate of drug-likeness (QED) is 0.406. The Morgan fingerprint density at radius 1 is 1.12 bits per heavy atom. The zero-order valence-corrected chi connectivity index (χ0v) is 21.7. The van der Waals surface area contributed by atoms with Crippen LogP contribution < -0.4 is 10.7 Å². The van der Waals surface area contributed by atoms with Gasteiger partial charge in [-0.15, -0.1) is 23.2 Å². The third kappa shape index (κ3) is 5.35. The van der Waals surface area contributed by atoms with E-state index in [1.165, 1.54) is 4.31 Å². The molecule has 2 N–H and O–H groups in total. The Morgan fingerprint density at radius 3 is 2.41 bits per heavy atom. The molecule has 4 rings (SSSR count). The molecule has 7 unspecified atom stereocenters. The Kier molecular flexibility index (Phi) is 8.33. The second-order valence-electron chi connectivity index (χ2n) is 10.1. The van der Waals surface area contributed by atoms with E-state index in [-0.39, 0.29) is 48.0 Å². The van der Waals surface area contributed by atoms with Crippen LogP contribution in [-0.2, 0) is 19.6 Å². The molecule has 0 radical (unpaired) electrons. The van der Waals surface area contributed by atoms with Crippen molar-refractivity contribution in [1.29, 1.82) is 0 Å². The minimum atomic E-state index is -3.91. The van der Waals surface area contributed by atoms with Gasteiger partial charge in [0.2, 0.25) is 15.9 Å². The molecule has 4 aliphatic rings. The molecular weight excluding hydrogens is 513 g/mol. The minimum absolute atomic E-state index is 0.151. The summed E-state index contributed by atoms with van der Waals surface area (Å²) in [4.78, 5) is 13.0. The van der Waals surface area contributed by atoms with Crippen LogP contribution in [0.15, 0.2) is 0 Å². The van der Waals surface area contributed by atoms with E-state index in [1.54, 1.807) is 6.92 Å². The van der Waals surface area contributed by atoms with Crippen LogP contribution in [0.4, 0.5) is 8.78 Å². The standard InChI is InChI=1S/C21H34Cl2F2N4O4S/c1-11-9-29(34(31,32)18-10-28(21(24)25)27-12(18)2)16-8-13(6-7-17(16)33-11)26-20(30)19-14(22)4-3-5-15(19)23/h11-19,21,27H,3-10H2,1-2H3,(H,26,30)/t11-,12?,13?,14?,15?,16?,17?,18?,19?/m0/s1. The maximum atomic E-state index is 13.7. The number of alkyl halides is 4. The number of amides is 1. The molecule has 2 aliphatic carbocycles. The smallest absolute Gasteiger partial charge is 0.306 e. The Balaban J connectivity index is 1.48. The Bertz CT molecular complexity index is 847. The number of fused-ring (bicyclic) bond motifs is 1. The van der Waals surface area contributed by atoms with E-state index in [9.17, 15) is 22.0 Å².